The van der Waals surface area contributed by atoms with E-state index in [9.17, 15) is 4.39 Å². The van der Waals surface area contributed by atoms with Crippen LogP contribution in [0.2, 0.25) is 0 Å². The van der Waals surface area contributed by atoms with Crippen molar-refractivity contribution in [2.45, 2.75) is 38.6 Å². The molecule has 0 aliphatic rings. The highest BCUT2D eigenvalue weighted by molar-refractivity contribution is 9.10. The molecule has 112 valence electrons. The standard InChI is InChI=1S/C18H21BrFN/c1-18(2,3)14-9-5-4-8-13(14)16(21)11-12-7-6-10-15(20)17(12)19/h4-10,16H,11,21H2,1-3H3. The van der Waals surface area contributed by atoms with Gasteiger partial charge in [0.1, 0.15) is 5.82 Å². The van der Waals surface area contributed by atoms with E-state index in [1.54, 1.807) is 6.07 Å². The Labute approximate surface area is 134 Å². The molecule has 0 saturated heterocycles. The Morgan fingerprint density at radius 2 is 1.76 bits per heavy atom. The molecule has 2 aromatic rings. The van der Waals surface area contributed by atoms with Crippen molar-refractivity contribution >= 4 is 15.9 Å². The van der Waals surface area contributed by atoms with Crippen LogP contribution < -0.4 is 5.73 Å². The summed E-state index contributed by atoms with van der Waals surface area (Å²) in [7, 11) is 0. The summed E-state index contributed by atoms with van der Waals surface area (Å²) in [6.45, 7) is 6.53. The lowest BCUT2D eigenvalue weighted by Gasteiger charge is -2.26. The first-order valence-electron chi connectivity index (χ1n) is 7.08. The van der Waals surface area contributed by atoms with Crippen molar-refractivity contribution in [2.24, 2.45) is 5.73 Å². The van der Waals surface area contributed by atoms with Crippen molar-refractivity contribution < 1.29 is 4.39 Å². The monoisotopic (exact) mass is 349 g/mol. The van der Waals surface area contributed by atoms with E-state index in [2.05, 4.69) is 48.8 Å². The van der Waals surface area contributed by atoms with Gasteiger partial charge in [-0.05, 0) is 50.5 Å². The van der Waals surface area contributed by atoms with Crippen LogP contribution in [0.15, 0.2) is 46.9 Å². The minimum Gasteiger partial charge on any atom is -0.324 e. The van der Waals surface area contributed by atoms with Gasteiger partial charge in [0.15, 0.2) is 0 Å². The van der Waals surface area contributed by atoms with Crippen molar-refractivity contribution in [3.63, 3.8) is 0 Å². The van der Waals surface area contributed by atoms with Gasteiger partial charge >= 0.3 is 0 Å². The fourth-order valence-corrected chi connectivity index (χ4v) is 2.98. The Balaban J connectivity index is 2.33. The van der Waals surface area contributed by atoms with Gasteiger partial charge in [-0.2, -0.15) is 0 Å². The van der Waals surface area contributed by atoms with E-state index in [4.69, 9.17) is 5.73 Å². The molecule has 1 nitrogen and oxygen atoms in total. The molecule has 0 aliphatic heterocycles. The zero-order valence-corrected chi connectivity index (χ0v) is 14.2. The Hall–Kier alpha value is -1.19. The maximum absolute atomic E-state index is 13.6. The first-order valence-corrected chi connectivity index (χ1v) is 7.88. The Morgan fingerprint density at radius 1 is 1.10 bits per heavy atom. The van der Waals surface area contributed by atoms with Gasteiger partial charge in [-0.1, -0.05) is 57.2 Å². The zero-order chi connectivity index (χ0) is 15.6. The van der Waals surface area contributed by atoms with Crippen LogP contribution in [-0.4, -0.2) is 0 Å². The average Bonchev–Trinajstić information content (AvgIpc) is 2.43. The summed E-state index contributed by atoms with van der Waals surface area (Å²) < 4.78 is 14.1. The number of hydrogen-bond acceptors (Lipinski definition) is 1. The SMILES string of the molecule is CC(C)(C)c1ccccc1C(N)Cc1cccc(F)c1Br. The first kappa shape index (κ1) is 16.2. The Bertz CT molecular complexity index is 631. The first-order chi connectivity index (χ1) is 9.80. The Kier molecular flexibility index (Phi) is 4.84. The molecule has 2 rings (SSSR count). The Morgan fingerprint density at radius 3 is 2.43 bits per heavy atom. The molecule has 0 bridgehead atoms. The van der Waals surface area contributed by atoms with E-state index in [0.717, 1.165) is 11.1 Å². The maximum atomic E-state index is 13.6. The van der Waals surface area contributed by atoms with E-state index in [1.165, 1.54) is 11.6 Å². The van der Waals surface area contributed by atoms with Crippen molar-refractivity contribution in [1.82, 2.24) is 0 Å². The highest BCUT2D eigenvalue weighted by Crippen LogP contribution is 2.31. The molecule has 0 heterocycles. The molecule has 0 saturated carbocycles. The van der Waals surface area contributed by atoms with Gasteiger partial charge in [-0.3, -0.25) is 0 Å². The molecule has 3 heteroatoms. The fraction of sp³-hybridized carbons (Fsp3) is 0.333. The van der Waals surface area contributed by atoms with Gasteiger partial charge in [0.25, 0.3) is 0 Å². The molecule has 1 atom stereocenters. The van der Waals surface area contributed by atoms with Crippen LogP contribution in [0.25, 0.3) is 0 Å². The topological polar surface area (TPSA) is 26.0 Å². The number of rotatable bonds is 3. The summed E-state index contributed by atoms with van der Waals surface area (Å²) in [6.07, 6.45) is 0.603. The molecule has 0 amide bonds. The van der Waals surface area contributed by atoms with Crippen LogP contribution in [0, 0.1) is 5.82 Å². The van der Waals surface area contributed by atoms with Gasteiger partial charge < -0.3 is 5.73 Å². The van der Waals surface area contributed by atoms with E-state index in [1.807, 2.05) is 18.2 Å². The van der Waals surface area contributed by atoms with Gasteiger partial charge in [-0.25, -0.2) is 4.39 Å². The molecule has 0 spiro atoms. The molecular formula is C18H21BrFN. The average molecular weight is 350 g/mol. The predicted molar refractivity (Wildman–Crippen MR) is 89.9 cm³/mol. The third kappa shape index (κ3) is 3.72. The number of hydrogen-bond donors (Lipinski definition) is 1. The summed E-state index contributed by atoms with van der Waals surface area (Å²) in [4.78, 5) is 0. The van der Waals surface area contributed by atoms with Crippen molar-refractivity contribution in [3.8, 4) is 0 Å². The molecule has 0 aliphatic carbocycles. The van der Waals surface area contributed by atoms with E-state index < -0.39 is 0 Å². The summed E-state index contributed by atoms with van der Waals surface area (Å²) in [5.41, 5.74) is 9.70. The second-order valence-corrected chi connectivity index (χ2v) is 7.15. The van der Waals surface area contributed by atoms with E-state index in [-0.39, 0.29) is 17.3 Å². The highest BCUT2D eigenvalue weighted by atomic mass is 79.9. The second kappa shape index (κ2) is 6.29. The quantitative estimate of drug-likeness (QED) is 0.816. The normalized spacial score (nSPS) is 13.2. The molecule has 21 heavy (non-hydrogen) atoms. The van der Waals surface area contributed by atoms with Gasteiger partial charge in [0.05, 0.1) is 4.47 Å². The minimum atomic E-state index is -0.246. The van der Waals surface area contributed by atoms with Crippen LogP contribution in [0.5, 0.6) is 0 Å². The summed E-state index contributed by atoms with van der Waals surface area (Å²) in [5, 5.41) is 0. The molecule has 0 fully saturated rings. The minimum absolute atomic E-state index is 0.0351. The van der Waals surface area contributed by atoms with Crippen LogP contribution in [-0.2, 0) is 11.8 Å². The smallest absolute Gasteiger partial charge is 0.137 e. The van der Waals surface area contributed by atoms with Gasteiger partial charge in [0.2, 0.25) is 0 Å². The number of benzene rings is 2. The van der Waals surface area contributed by atoms with Crippen LogP contribution >= 0.6 is 15.9 Å². The second-order valence-electron chi connectivity index (χ2n) is 6.36. The van der Waals surface area contributed by atoms with E-state index in [0.29, 0.717) is 10.9 Å². The summed E-state index contributed by atoms with van der Waals surface area (Å²) >= 11 is 3.31. The highest BCUT2D eigenvalue weighted by Gasteiger charge is 2.21. The predicted octanol–water partition coefficient (Wildman–Crippen LogP) is 5.13. The fourth-order valence-electron chi connectivity index (χ4n) is 2.56. The van der Waals surface area contributed by atoms with Crippen molar-refractivity contribution in [1.29, 1.82) is 0 Å². The van der Waals surface area contributed by atoms with Crippen LogP contribution in [0.1, 0.15) is 43.5 Å². The van der Waals surface area contributed by atoms with E-state index >= 15 is 0 Å². The van der Waals surface area contributed by atoms with Crippen molar-refractivity contribution in [2.75, 3.05) is 0 Å². The lowest BCUT2D eigenvalue weighted by molar-refractivity contribution is 0.567. The maximum Gasteiger partial charge on any atom is 0.137 e. The van der Waals surface area contributed by atoms with Gasteiger partial charge in [0, 0.05) is 6.04 Å². The molecule has 0 radical (unpaired) electrons. The zero-order valence-electron chi connectivity index (χ0n) is 12.7. The third-order valence-electron chi connectivity index (χ3n) is 3.64. The third-order valence-corrected chi connectivity index (χ3v) is 4.53. The lowest BCUT2D eigenvalue weighted by atomic mass is 9.81. The largest absolute Gasteiger partial charge is 0.324 e. The van der Waals surface area contributed by atoms with Crippen molar-refractivity contribution in [3.05, 3.63) is 69.4 Å². The molecule has 2 aromatic carbocycles. The number of nitrogens with two attached hydrogens (primary N) is 1. The lowest BCUT2D eigenvalue weighted by Crippen LogP contribution is -2.21. The number of halogens is 2. The molecule has 0 aromatic heterocycles. The molecular weight excluding hydrogens is 329 g/mol. The summed E-state index contributed by atoms with van der Waals surface area (Å²) in [6, 6.07) is 13.2. The van der Waals surface area contributed by atoms with Gasteiger partial charge in [-0.15, -0.1) is 0 Å². The molecule has 2 N–H and O–H groups in total. The molecule has 1 unspecified atom stereocenters. The van der Waals surface area contributed by atoms with Crippen LogP contribution in [0.3, 0.4) is 0 Å². The van der Waals surface area contributed by atoms with Crippen LogP contribution in [0.4, 0.5) is 4.39 Å². The summed E-state index contributed by atoms with van der Waals surface area (Å²) in [5.74, 6) is -0.246.